The van der Waals surface area contributed by atoms with Gasteiger partial charge in [0.05, 0.1) is 6.26 Å². The van der Waals surface area contributed by atoms with Gasteiger partial charge in [-0.2, -0.15) is 0 Å². The first-order chi connectivity index (χ1) is 10.2. The van der Waals surface area contributed by atoms with Crippen LogP contribution in [-0.4, -0.2) is 5.11 Å². The molecule has 3 aromatic rings. The maximum absolute atomic E-state index is 10.3. The highest BCUT2D eigenvalue weighted by molar-refractivity contribution is 5.36. The fourth-order valence-electron chi connectivity index (χ4n) is 2.14. The van der Waals surface area contributed by atoms with Crippen molar-refractivity contribution in [2.75, 3.05) is 0 Å². The van der Waals surface area contributed by atoms with E-state index in [0.29, 0.717) is 0 Å². The van der Waals surface area contributed by atoms with Gasteiger partial charge in [0.25, 0.3) is 0 Å². The van der Waals surface area contributed by atoms with Gasteiger partial charge in [-0.25, -0.2) is 0 Å². The lowest BCUT2D eigenvalue weighted by Gasteiger charge is -2.10. The van der Waals surface area contributed by atoms with Gasteiger partial charge >= 0.3 is 0 Å². The van der Waals surface area contributed by atoms with Crippen LogP contribution in [0.25, 0.3) is 0 Å². The first-order valence-electron chi connectivity index (χ1n) is 6.78. The molecule has 0 amide bonds. The van der Waals surface area contributed by atoms with E-state index >= 15 is 0 Å². The molecule has 21 heavy (non-hydrogen) atoms. The molecule has 0 spiro atoms. The molecule has 3 nitrogen and oxygen atoms in total. The van der Waals surface area contributed by atoms with Gasteiger partial charge in [0.15, 0.2) is 0 Å². The molecule has 106 valence electrons. The Hall–Kier alpha value is -2.52. The quantitative estimate of drug-likeness (QED) is 0.767. The van der Waals surface area contributed by atoms with Gasteiger partial charge in [0.1, 0.15) is 23.4 Å². The lowest BCUT2D eigenvalue weighted by atomic mass is 10.0. The second kappa shape index (κ2) is 5.85. The van der Waals surface area contributed by atoms with E-state index in [0.717, 1.165) is 28.4 Å². The number of aryl methyl sites for hydroxylation is 1. The molecular formula is C18H16O3. The molecule has 1 aromatic heterocycles. The third-order valence-corrected chi connectivity index (χ3v) is 3.24. The summed E-state index contributed by atoms with van der Waals surface area (Å²) >= 11 is 0. The van der Waals surface area contributed by atoms with E-state index in [9.17, 15) is 5.11 Å². The molecule has 3 rings (SSSR count). The molecule has 1 atom stereocenters. The van der Waals surface area contributed by atoms with Crippen LogP contribution in [0.4, 0.5) is 0 Å². The fraction of sp³-hybridized carbons (Fsp3) is 0.111. The second-order valence-corrected chi connectivity index (χ2v) is 4.88. The number of para-hydroxylation sites is 1. The third-order valence-electron chi connectivity index (χ3n) is 3.24. The van der Waals surface area contributed by atoms with Crippen LogP contribution < -0.4 is 4.74 Å². The van der Waals surface area contributed by atoms with Crippen molar-refractivity contribution in [3.05, 3.63) is 83.8 Å². The summed E-state index contributed by atoms with van der Waals surface area (Å²) in [6.45, 7) is 1.85. The Morgan fingerprint density at radius 3 is 2.19 bits per heavy atom. The SMILES string of the molecule is Cc1cc(C(O)c2ccc(Oc3ccccc3)cc2)co1. The zero-order valence-electron chi connectivity index (χ0n) is 11.7. The van der Waals surface area contributed by atoms with Crippen LogP contribution in [0, 0.1) is 6.92 Å². The van der Waals surface area contributed by atoms with E-state index in [1.165, 1.54) is 0 Å². The minimum atomic E-state index is -0.687. The van der Waals surface area contributed by atoms with Crippen molar-refractivity contribution >= 4 is 0 Å². The summed E-state index contributed by atoms with van der Waals surface area (Å²) in [5.74, 6) is 2.31. The maximum atomic E-state index is 10.3. The Labute approximate surface area is 123 Å². The van der Waals surface area contributed by atoms with Crippen molar-refractivity contribution in [2.24, 2.45) is 0 Å². The van der Waals surface area contributed by atoms with Gasteiger partial charge in [0.2, 0.25) is 0 Å². The van der Waals surface area contributed by atoms with Crippen LogP contribution in [0.3, 0.4) is 0 Å². The van der Waals surface area contributed by atoms with E-state index in [4.69, 9.17) is 9.15 Å². The number of aliphatic hydroxyl groups excluding tert-OH is 1. The van der Waals surface area contributed by atoms with E-state index in [1.807, 2.05) is 67.6 Å². The molecule has 3 heteroatoms. The van der Waals surface area contributed by atoms with E-state index in [1.54, 1.807) is 6.26 Å². The largest absolute Gasteiger partial charge is 0.469 e. The summed E-state index contributed by atoms with van der Waals surface area (Å²) in [5.41, 5.74) is 1.56. The standard InChI is InChI=1S/C18H16O3/c1-13-11-15(12-20-13)18(19)14-7-9-17(10-8-14)21-16-5-3-2-4-6-16/h2-12,18-19H,1H3. The van der Waals surface area contributed by atoms with Crippen LogP contribution in [0.15, 0.2) is 71.3 Å². The first-order valence-corrected chi connectivity index (χ1v) is 6.78. The average Bonchev–Trinajstić information content (AvgIpc) is 2.95. The molecule has 2 aromatic carbocycles. The fourth-order valence-corrected chi connectivity index (χ4v) is 2.14. The highest BCUT2D eigenvalue weighted by Gasteiger charge is 2.12. The van der Waals surface area contributed by atoms with E-state index in [2.05, 4.69) is 0 Å². The van der Waals surface area contributed by atoms with Gasteiger partial charge in [-0.05, 0) is 42.8 Å². The lowest BCUT2D eigenvalue weighted by Crippen LogP contribution is -1.97. The van der Waals surface area contributed by atoms with E-state index < -0.39 is 6.10 Å². The lowest BCUT2D eigenvalue weighted by molar-refractivity contribution is 0.219. The smallest absolute Gasteiger partial charge is 0.127 e. The molecule has 1 N–H and O–H groups in total. The highest BCUT2D eigenvalue weighted by atomic mass is 16.5. The molecule has 0 fully saturated rings. The molecule has 0 bridgehead atoms. The summed E-state index contributed by atoms with van der Waals surface area (Å²) in [4.78, 5) is 0. The second-order valence-electron chi connectivity index (χ2n) is 4.88. The molecule has 0 aliphatic rings. The Kier molecular flexibility index (Phi) is 3.75. The van der Waals surface area contributed by atoms with Crippen LogP contribution in [0.5, 0.6) is 11.5 Å². The molecule has 1 heterocycles. The van der Waals surface area contributed by atoms with Crippen molar-refractivity contribution < 1.29 is 14.3 Å². The van der Waals surface area contributed by atoms with Crippen molar-refractivity contribution in [3.63, 3.8) is 0 Å². The summed E-state index contributed by atoms with van der Waals surface area (Å²) in [6, 6.07) is 18.8. The van der Waals surface area contributed by atoms with Crippen LogP contribution in [-0.2, 0) is 0 Å². The predicted molar refractivity (Wildman–Crippen MR) is 80.5 cm³/mol. The monoisotopic (exact) mass is 280 g/mol. The minimum Gasteiger partial charge on any atom is -0.469 e. The van der Waals surface area contributed by atoms with Crippen molar-refractivity contribution in [1.29, 1.82) is 0 Å². The number of ether oxygens (including phenoxy) is 1. The van der Waals surface area contributed by atoms with Crippen LogP contribution in [0.2, 0.25) is 0 Å². The van der Waals surface area contributed by atoms with Gasteiger partial charge < -0.3 is 14.3 Å². The zero-order chi connectivity index (χ0) is 14.7. The van der Waals surface area contributed by atoms with E-state index in [-0.39, 0.29) is 0 Å². The molecular weight excluding hydrogens is 264 g/mol. The van der Waals surface area contributed by atoms with Crippen molar-refractivity contribution in [3.8, 4) is 11.5 Å². The Balaban J connectivity index is 1.75. The summed E-state index contributed by atoms with van der Waals surface area (Å²) in [6.07, 6.45) is 0.891. The van der Waals surface area contributed by atoms with Crippen LogP contribution >= 0.6 is 0 Å². The molecule has 0 radical (unpaired) electrons. The number of rotatable bonds is 4. The number of furan rings is 1. The maximum Gasteiger partial charge on any atom is 0.127 e. The van der Waals surface area contributed by atoms with Crippen LogP contribution in [0.1, 0.15) is 23.0 Å². The number of hydrogen-bond donors (Lipinski definition) is 1. The average molecular weight is 280 g/mol. The summed E-state index contributed by atoms with van der Waals surface area (Å²) in [7, 11) is 0. The molecule has 1 unspecified atom stereocenters. The topological polar surface area (TPSA) is 42.6 Å². The Morgan fingerprint density at radius 1 is 0.905 bits per heavy atom. The number of hydrogen-bond acceptors (Lipinski definition) is 3. The highest BCUT2D eigenvalue weighted by Crippen LogP contribution is 2.27. The predicted octanol–water partition coefficient (Wildman–Crippen LogP) is 4.46. The van der Waals surface area contributed by atoms with Crippen molar-refractivity contribution in [2.45, 2.75) is 13.0 Å². The summed E-state index contributed by atoms with van der Waals surface area (Å²) in [5, 5.41) is 10.3. The van der Waals surface area contributed by atoms with Gasteiger partial charge in [0, 0.05) is 5.56 Å². The van der Waals surface area contributed by atoms with Gasteiger partial charge in [-0.15, -0.1) is 0 Å². The zero-order valence-corrected chi connectivity index (χ0v) is 11.7. The number of aliphatic hydroxyl groups is 1. The molecule has 0 aliphatic carbocycles. The Bertz CT molecular complexity index is 699. The first kappa shape index (κ1) is 13.5. The Morgan fingerprint density at radius 2 is 1.57 bits per heavy atom. The minimum absolute atomic E-state index is 0.687. The van der Waals surface area contributed by atoms with Gasteiger partial charge in [-0.3, -0.25) is 0 Å². The molecule has 0 saturated heterocycles. The number of benzene rings is 2. The summed E-state index contributed by atoms with van der Waals surface area (Å²) < 4.78 is 10.9. The van der Waals surface area contributed by atoms with Gasteiger partial charge in [-0.1, -0.05) is 30.3 Å². The third kappa shape index (κ3) is 3.15. The molecule has 0 aliphatic heterocycles. The normalized spacial score (nSPS) is 12.1. The molecule has 0 saturated carbocycles. The van der Waals surface area contributed by atoms with Crippen molar-refractivity contribution in [1.82, 2.24) is 0 Å².